The lowest BCUT2D eigenvalue weighted by atomic mass is 10.0. The van der Waals surface area contributed by atoms with Crippen molar-refractivity contribution in [3.8, 4) is 0 Å². The van der Waals surface area contributed by atoms with Gasteiger partial charge in [-0.05, 0) is 19.3 Å². The Balaban J connectivity index is 2.89. The summed E-state index contributed by atoms with van der Waals surface area (Å²) in [5, 5.41) is 18.3. The number of rotatable bonds is 4. The van der Waals surface area contributed by atoms with Gasteiger partial charge in [0.25, 0.3) is 0 Å². The maximum Gasteiger partial charge on any atom is 0.410 e. The van der Waals surface area contributed by atoms with E-state index in [0.717, 1.165) is 11.3 Å². The van der Waals surface area contributed by atoms with E-state index >= 15 is 0 Å². The van der Waals surface area contributed by atoms with E-state index in [9.17, 15) is 9.59 Å². The molecule has 2 N–H and O–H groups in total. The highest BCUT2D eigenvalue weighted by atomic mass is 16.5. The Labute approximate surface area is 100 Å². The highest BCUT2D eigenvalue weighted by Gasteiger charge is 2.52. The van der Waals surface area contributed by atoms with Crippen LogP contribution in [0.4, 0.5) is 4.79 Å². The van der Waals surface area contributed by atoms with Crippen molar-refractivity contribution in [1.29, 1.82) is 0 Å². The molecular formula is C11H19NO5. The van der Waals surface area contributed by atoms with Crippen molar-refractivity contribution < 1.29 is 24.5 Å². The van der Waals surface area contributed by atoms with Gasteiger partial charge in [-0.25, -0.2) is 9.59 Å². The fraction of sp³-hybridized carbons (Fsp3) is 0.818. The van der Waals surface area contributed by atoms with Gasteiger partial charge in [0.05, 0.1) is 6.61 Å². The smallest absolute Gasteiger partial charge is 0.410 e. The van der Waals surface area contributed by atoms with Crippen molar-refractivity contribution in [3.05, 3.63) is 0 Å². The Bertz CT molecular complexity index is 319. The van der Waals surface area contributed by atoms with Gasteiger partial charge in [0.2, 0.25) is 0 Å². The van der Waals surface area contributed by atoms with E-state index in [1.54, 1.807) is 0 Å². The zero-order valence-electron chi connectivity index (χ0n) is 10.3. The van der Waals surface area contributed by atoms with Crippen LogP contribution in [0.3, 0.4) is 0 Å². The summed E-state index contributed by atoms with van der Waals surface area (Å²) in [6.07, 6.45) is -0.493. The Morgan fingerprint density at radius 1 is 1.53 bits per heavy atom. The number of carboxylic acid groups (broad SMARTS) is 2. The van der Waals surface area contributed by atoms with E-state index in [1.807, 2.05) is 13.8 Å². The number of carboxylic acids is 1. The molecule has 1 aliphatic heterocycles. The third-order valence-corrected chi connectivity index (χ3v) is 3.34. The lowest BCUT2D eigenvalue weighted by Crippen LogP contribution is -2.54. The molecule has 1 fully saturated rings. The van der Waals surface area contributed by atoms with E-state index < -0.39 is 23.8 Å². The second-order valence-electron chi connectivity index (χ2n) is 4.75. The van der Waals surface area contributed by atoms with Gasteiger partial charge in [0, 0.05) is 0 Å². The number of carbonyl (C=O) groups is 2. The topological polar surface area (TPSA) is 87.1 Å². The summed E-state index contributed by atoms with van der Waals surface area (Å²) < 4.78 is 5.34. The summed E-state index contributed by atoms with van der Waals surface area (Å²) in [5.41, 5.74) is -1.48. The molecule has 3 atom stereocenters. The van der Waals surface area contributed by atoms with Crippen LogP contribution < -0.4 is 0 Å². The van der Waals surface area contributed by atoms with Gasteiger partial charge in [-0.15, -0.1) is 0 Å². The molecule has 0 radical (unpaired) electrons. The lowest BCUT2D eigenvalue weighted by molar-refractivity contribution is -0.147. The van der Waals surface area contributed by atoms with E-state index in [1.165, 1.54) is 6.92 Å². The number of amides is 1. The molecule has 0 saturated carbocycles. The van der Waals surface area contributed by atoms with Gasteiger partial charge >= 0.3 is 12.1 Å². The SMILES string of the molecule is CCC(C)C[C@H]1OC[C@@](C)(C(=O)O)N1C(=O)O. The quantitative estimate of drug-likeness (QED) is 0.785. The van der Waals surface area contributed by atoms with Crippen molar-refractivity contribution in [1.82, 2.24) is 4.90 Å². The predicted molar refractivity (Wildman–Crippen MR) is 59.7 cm³/mol. The zero-order valence-corrected chi connectivity index (χ0v) is 10.3. The molecule has 1 amide bonds. The third-order valence-electron chi connectivity index (χ3n) is 3.34. The van der Waals surface area contributed by atoms with Crippen LogP contribution in [0.15, 0.2) is 0 Å². The summed E-state index contributed by atoms with van der Waals surface area (Å²) >= 11 is 0. The van der Waals surface area contributed by atoms with Crippen LogP contribution >= 0.6 is 0 Å². The molecule has 98 valence electrons. The zero-order chi connectivity index (χ0) is 13.2. The Morgan fingerprint density at radius 3 is 2.53 bits per heavy atom. The first-order chi connectivity index (χ1) is 7.82. The monoisotopic (exact) mass is 245 g/mol. The second kappa shape index (κ2) is 4.91. The van der Waals surface area contributed by atoms with Gasteiger partial charge in [-0.2, -0.15) is 0 Å². The number of nitrogens with zero attached hydrogens (tertiary/aromatic N) is 1. The first-order valence-electron chi connectivity index (χ1n) is 5.70. The molecule has 0 aliphatic carbocycles. The van der Waals surface area contributed by atoms with E-state index in [0.29, 0.717) is 6.42 Å². The molecule has 17 heavy (non-hydrogen) atoms. The Morgan fingerprint density at radius 2 is 2.12 bits per heavy atom. The van der Waals surface area contributed by atoms with E-state index in [4.69, 9.17) is 14.9 Å². The third kappa shape index (κ3) is 2.52. The standard InChI is InChI=1S/C11H19NO5/c1-4-7(2)5-8-12(10(15)16)11(3,6-17-8)9(13)14/h7-8H,4-6H2,1-3H3,(H,13,14)(H,15,16)/t7?,8-,11+/m1/s1. The minimum atomic E-state index is -1.48. The van der Waals surface area contributed by atoms with Crippen molar-refractivity contribution in [2.24, 2.45) is 5.92 Å². The minimum absolute atomic E-state index is 0.101. The summed E-state index contributed by atoms with van der Waals surface area (Å²) in [7, 11) is 0. The summed E-state index contributed by atoms with van der Waals surface area (Å²) in [6, 6.07) is 0. The number of hydrogen-bond donors (Lipinski definition) is 2. The van der Waals surface area contributed by atoms with Crippen LogP contribution in [0, 0.1) is 5.92 Å². The normalized spacial score (nSPS) is 30.3. The molecule has 1 rings (SSSR count). The number of hydrogen-bond acceptors (Lipinski definition) is 3. The molecule has 6 nitrogen and oxygen atoms in total. The average molecular weight is 245 g/mol. The van der Waals surface area contributed by atoms with Gasteiger partial charge in [-0.3, -0.25) is 4.90 Å². The summed E-state index contributed by atoms with van der Waals surface area (Å²) in [5.74, 6) is -0.885. The molecular weight excluding hydrogens is 226 g/mol. The molecule has 0 aromatic rings. The molecule has 1 aliphatic rings. The predicted octanol–water partition coefficient (Wildman–Crippen LogP) is 1.60. The Hall–Kier alpha value is -1.30. The van der Waals surface area contributed by atoms with E-state index in [2.05, 4.69) is 0 Å². The molecule has 1 heterocycles. The maximum atomic E-state index is 11.2. The van der Waals surface area contributed by atoms with E-state index in [-0.39, 0.29) is 12.5 Å². The number of ether oxygens (including phenoxy) is 1. The van der Waals surface area contributed by atoms with Crippen molar-refractivity contribution >= 4 is 12.1 Å². The number of aliphatic carboxylic acids is 1. The largest absolute Gasteiger partial charge is 0.479 e. The first kappa shape index (κ1) is 13.8. The molecule has 6 heteroatoms. The van der Waals surface area contributed by atoms with Crippen LogP contribution in [-0.2, 0) is 9.53 Å². The molecule has 0 bridgehead atoms. The molecule has 1 unspecified atom stereocenters. The molecule has 0 spiro atoms. The fourth-order valence-corrected chi connectivity index (χ4v) is 1.90. The van der Waals surface area contributed by atoms with Crippen molar-refractivity contribution in [3.63, 3.8) is 0 Å². The van der Waals surface area contributed by atoms with Crippen molar-refractivity contribution in [2.45, 2.75) is 45.4 Å². The Kier molecular flexibility index (Phi) is 3.98. The van der Waals surface area contributed by atoms with Crippen LogP contribution in [-0.4, -0.2) is 45.5 Å². The van der Waals surface area contributed by atoms with Gasteiger partial charge in [0.15, 0.2) is 5.54 Å². The highest BCUT2D eigenvalue weighted by Crippen LogP contribution is 2.31. The van der Waals surface area contributed by atoms with Gasteiger partial charge in [0.1, 0.15) is 6.23 Å². The van der Waals surface area contributed by atoms with Gasteiger partial charge in [-0.1, -0.05) is 20.3 Å². The molecule has 0 aromatic heterocycles. The van der Waals surface area contributed by atoms with Crippen LogP contribution in [0.2, 0.25) is 0 Å². The van der Waals surface area contributed by atoms with Crippen LogP contribution in [0.5, 0.6) is 0 Å². The molecule has 0 aromatic carbocycles. The van der Waals surface area contributed by atoms with Gasteiger partial charge < -0.3 is 14.9 Å². The summed E-state index contributed by atoms with van der Waals surface area (Å²) in [6.45, 7) is 5.26. The highest BCUT2D eigenvalue weighted by molar-refractivity contribution is 5.84. The molecule has 1 saturated heterocycles. The average Bonchev–Trinajstić information content (AvgIpc) is 2.57. The second-order valence-corrected chi connectivity index (χ2v) is 4.75. The minimum Gasteiger partial charge on any atom is -0.479 e. The fourth-order valence-electron chi connectivity index (χ4n) is 1.90. The maximum absolute atomic E-state index is 11.2. The lowest BCUT2D eigenvalue weighted by Gasteiger charge is -2.31. The van der Waals surface area contributed by atoms with Crippen LogP contribution in [0.25, 0.3) is 0 Å². The van der Waals surface area contributed by atoms with Crippen LogP contribution in [0.1, 0.15) is 33.6 Å². The summed E-state index contributed by atoms with van der Waals surface area (Å²) in [4.78, 5) is 23.3. The van der Waals surface area contributed by atoms with Crippen molar-refractivity contribution in [2.75, 3.05) is 6.61 Å². The first-order valence-corrected chi connectivity index (χ1v) is 5.70.